The summed E-state index contributed by atoms with van der Waals surface area (Å²) in [7, 11) is 0. The monoisotopic (exact) mass is 421 g/mol. The molecule has 0 amide bonds. The molecule has 1 aliphatic heterocycles. The van der Waals surface area contributed by atoms with Gasteiger partial charge in [-0.05, 0) is 36.8 Å². The molecule has 1 saturated heterocycles. The summed E-state index contributed by atoms with van der Waals surface area (Å²) in [5.41, 5.74) is 6.91. The van der Waals surface area contributed by atoms with Gasteiger partial charge in [0.25, 0.3) is 0 Å². The molecule has 4 aromatic heterocycles. The van der Waals surface area contributed by atoms with Crippen molar-refractivity contribution in [1.29, 1.82) is 0 Å². The number of piperazine rings is 1. The summed E-state index contributed by atoms with van der Waals surface area (Å²) in [4.78, 5) is 16.4. The van der Waals surface area contributed by atoms with Crippen LogP contribution in [0.2, 0.25) is 0 Å². The number of anilines is 1. The van der Waals surface area contributed by atoms with Crippen molar-refractivity contribution in [3.8, 4) is 22.3 Å². The fraction of sp³-hybridized carbons (Fsp3) is 0.200. The van der Waals surface area contributed by atoms with Crippen LogP contribution < -0.4 is 10.2 Å². The van der Waals surface area contributed by atoms with Gasteiger partial charge in [-0.15, -0.1) is 0 Å². The van der Waals surface area contributed by atoms with Crippen LogP contribution in [-0.4, -0.2) is 50.7 Å². The minimum Gasteiger partial charge on any atom is -0.354 e. The number of nitrogens with one attached hydrogen (secondary N) is 1. The van der Waals surface area contributed by atoms with E-state index in [1.54, 1.807) is 0 Å². The Morgan fingerprint density at radius 1 is 0.875 bits per heavy atom. The van der Waals surface area contributed by atoms with Crippen LogP contribution in [0.4, 0.5) is 5.82 Å². The lowest BCUT2D eigenvalue weighted by Gasteiger charge is -2.28. The maximum absolute atomic E-state index is 4.78. The predicted molar refractivity (Wildman–Crippen MR) is 127 cm³/mol. The first-order chi connectivity index (χ1) is 15.8. The summed E-state index contributed by atoms with van der Waals surface area (Å²) in [6.07, 6.45) is 7.73. The van der Waals surface area contributed by atoms with Crippen molar-refractivity contribution < 1.29 is 0 Å². The van der Waals surface area contributed by atoms with Crippen molar-refractivity contribution in [2.75, 3.05) is 31.1 Å². The number of aromatic nitrogens is 5. The number of nitrogens with zero attached hydrogens (tertiary/aromatic N) is 6. The van der Waals surface area contributed by atoms with Crippen molar-refractivity contribution in [3.63, 3.8) is 0 Å². The number of rotatable bonds is 3. The van der Waals surface area contributed by atoms with E-state index in [-0.39, 0.29) is 0 Å². The minimum atomic E-state index is 0.829. The number of aryl methyl sites for hydroxylation is 1. The summed E-state index contributed by atoms with van der Waals surface area (Å²) >= 11 is 0. The topological polar surface area (TPSA) is 71.2 Å². The molecule has 1 N–H and O–H groups in total. The fourth-order valence-corrected chi connectivity index (χ4v) is 4.38. The number of para-hydroxylation sites is 1. The van der Waals surface area contributed by atoms with Crippen LogP contribution >= 0.6 is 0 Å². The SMILES string of the molecule is Cc1cc(-c2cnn3cc(-c4ccc(N5CCNCC5)nc4)cnc23)c2ccccc2n1. The third-order valence-corrected chi connectivity index (χ3v) is 6.01. The molecule has 1 aromatic carbocycles. The van der Waals surface area contributed by atoms with Crippen LogP contribution in [0.15, 0.2) is 67.3 Å². The molecule has 5 heterocycles. The van der Waals surface area contributed by atoms with Gasteiger partial charge in [-0.2, -0.15) is 5.10 Å². The first-order valence-electron chi connectivity index (χ1n) is 10.9. The zero-order valence-electron chi connectivity index (χ0n) is 17.9. The van der Waals surface area contributed by atoms with Crippen LogP contribution in [0.5, 0.6) is 0 Å². The van der Waals surface area contributed by atoms with Gasteiger partial charge >= 0.3 is 0 Å². The van der Waals surface area contributed by atoms with Crippen LogP contribution in [0.1, 0.15) is 5.69 Å². The molecule has 0 bridgehead atoms. The standard InChI is InChI=1S/C25H23N7/c1-17-12-21(20-4-2-3-5-23(20)30-17)22-15-29-32-16-19(14-28-25(22)32)18-6-7-24(27-13-18)31-10-8-26-9-11-31/h2-7,12-16,26H,8-11H2,1H3. The van der Waals surface area contributed by atoms with E-state index < -0.39 is 0 Å². The molecule has 7 nitrogen and oxygen atoms in total. The van der Waals surface area contributed by atoms with E-state index in [9.17, 15) is 0 Å². The highest BCUT2D eigenvalue weighted by Crippen LogP contribution is 2.31. The first-order valence-corrected chi connectivity index (χ1v) is 10.9. The van der Waals surface area contributed by atoms with Crippen LogP contribution in [0.25, 0.3) is 38.8 Å². The third kappa shape index (κ3) is 3.27. The van der Waals surface area contributed by atoms with Gasteiger partial charge in [0.15, 0.2) is 5.65 Å². The summed E-state index contributed by atoms with van der Waals surface area (Å²) < 4.78 is 1.85. The molecule has 0 spiro atoms. The Bertz CT molecular complexity index is 1420. The first kappa shape index (κ1) is 18.9. The van der Waals surface area contributed by atoms with Gasteiger partial charge < -0.3 is 10.2 Å². The summed E-state index contributed by atoms with van der Waals surface area (Å²) in [5, 5.41) is 9.08. The largest absolute Gasteiger partial charge is 0.354 e. The summed E-state index contributed by atoms with van der Waals surface area (Å²) in [6, 6.07) is 14.5. The maximum atomic E-state index is 4.78. The second-order valence-electron chi connectivity index (χ2n) is 8.14. The third-order valence-electron chi connectivity index (χ3n) is 6.01. The zero-order chi connectivity index (χ0) is 21.5. The Hall–Kier alpha value is -3.84. The Labute approximate surface area is 185 Å². The molecule has 32 heavy (non-hydrogen) atoms. The molecule has 6 rings (SSSR count). The predicted octanol–water partition coefficient (Wildman–Crippen LogP) is 3.72. The van der Waals surface area contributed by atoms with E-state index in [1.165, 1.54) is 0 Å². The molecule has 7 heteroatoms. The lowest BCUT2D eigenvalue weighted by atomic mass is 10.0. The van der Waals surface area contributed by atoms with Gasteiger partial charge in [0.05, 0.1) is 11.7 Å². The van der Waals surface area contributed by atoms with E-state index in [0.29, 0.717) is 0 Å². The second-order valence-corrected chi connectivity index (χ2v) is 8.14. The molecular formula is C25H23N7. The Balaban J connectivity index is 1.37. The van der Waals surface area contributed by atoms with E-state index >= 15 is 0 Å². The van der Waals surface area contributed by atoms with Gasteiger partial charge in [-0.1, -0.05) is 18.2 Å². The number of hydrogen-bond acceptors (Lipinski definition) is 6. The van der Waals surface area contributed by atoms with E-state index in [0.717, 1.165) is 76.5 Å². The normalized spacial score (nSPS) is 14.3. The minimum absolute atomic E-state index is 0.829. The van der Waals surface area contributed by atoms with Gasteiger partial charge in [-0.25, -0.2) is 14.5 Å². The quantitative estimate of drug-likeness (QED) is 0.479. The molecule has 0 saturated carbocycles. The second kappa shape index (κ2) is 7.69. The smallest absolute Gasteiger partial charge is 0.162 e. The highest BCUT2D eigenvalue weighted by molar-refractivity contribution is 5.98. The fourth-order valence-electron chi connectivity index (χ4n) is 4.38. The summed E-state index contributed by atoms with van der Waals surface area (Å²) in [6.45, 7) is 5.98. The molecular weight excluding hydrogens is 398 g/mol. The van der Waals surface area contributed by atoms with E-state index in [4.69, 9.17) is 4.98 Å². The van der Waals surface area contributed by atoms with E-state index in [1.807, 2.05) is 54.4 Å². The van der Waals surface area contributed by atoms with Crippen molar-refractivity contribution in [2.45, 2.75) is 6.92 Å². The molecule has 1 aliphatic rings. The highest BCUT2D eigenvalue weighted by atomic mass is 15.2. The van der Waals surface area contributed by atoms with Crippen LogP contribution in [0, 0.1) is 6.92 Å². The molecule has 0 atom stereocenters. The lowest BCUT2D eigenvalue weighted by molar-refractivity contribution is 0.585. The molecule has 158 valence electrons. The average molecular weight is 422 g/mol. The van der Waals surface area contributed by atoms with Gasteiger partial charge in [-0.3, -0.25) is 4.98 Å². The number of fused-ring (bicyclic) bond motifs is 2. The van der Waals surface area contributed by atoms with E-state index in [2.05, 4.69) is 49.5 Å². The van der Waals surface area contributed by atoms with Crippen LogP contribution in [-0.2, 0) is 0 Å². The van der Waals surface area contributed by atoms with Gasteiger partial charge in [0.2, 0.25) is 0 Å². The number of hydrogen-bond donors (Lipinski definition) is 1. The average Bonchev–Trinajstić information content (AvgIpc) is 3.27. The lowest BCUT2D eigenvalue weighted by Crippen LogP contribution is -2.43. The molecule has 0 aliphatic carbocycles. The van der Waals surface area contributed by atoms with Crippen molar-refractivity contribution >= 4 is 22.4 Å². The molecule has 0 radical (unpaired) electrons. The van der Waals surface area contributed by atoms with Crippen LogP contribution in [0.3, 0.4) is 0 Å². The molecule has 5 aromatic rings. The van der Waals surface area contributed by atoms with Crippen molar-refractivity contribution in [3.05, 3.63) is 72.9 Å². The maximum Gasteiger partial charge on any atom is 0.162 e. The Morgan fingerprint density at radius 2 is 1.72 bits per heavy atom. The van der Waals surface area contributed by atoms with Gasteiger partial charge in [0, 0.05) is 72.5 Å². The highest BCUT2D eigenvalue weighted by Gasteiger charge is 2.14. The summed E-state index contributed by atoms with van der Waals surface area (Å²) in [5.74, 6) is 1.02. The number of benzene rings is 1. The zero-order valence-corrected chi connectivity index (χ0v) is 17.9. The molecule has 0 unspecified atom stereocenters. The Morgan fingerprint density at radius 3 is 2.56 bits per heavy atom. The van der Waals surface area contributed by atoms with Gasteiger partial charge in [0.1, 0.15) is 5.82 Å². The molecule has 1 fully saturated rings. The van der Waals surface area contributed by atoms with Crippen molar-refractivity contribution in [1.82, 2.24) is 29.9 Å². The van der Waals surface area contributed by atoms with Crippen molar-refractivity contribution in [2.24, 2.45) is 0 Å². The Kier molecular flexibility index (Phi) is 4.54. The number of pyridine rings is 2.